The first-order valence-corrected chi connectivity index (χ1v) is 10.8. The van der Waals surface area contributed by atoms with E-state index in [0.29, 0.717) is 12.0 Å². The number of para-hydroxylation sites is 1. The van der Waals surface area contributed by atoms with Gasteiger partial charge in [0.15, 0.2) is 0 Å². The lowest BCUT2D eigenvalue weighted by molar-refractivity contribution is 0.230. The Morgan fingerprint density at radius 3 is 2.48 bits per heavy atom. The molecule has 2 heterocycles. The summed E-state index contributed by atoms with van der Waals surface area (Å²) < 4.78 is 0. The molecule has 2 aliphatic heterocycles. The molecule has 0 aliphatic carbocycles. The first-order valence-electron chi connectivity index (χ1n) is 10.8. The van der Waals surface area contributed by atoms with Crippen molar-refractivity contribution in [2.45, 2.75) is 31.8 Å². The van der Waals surface area contributed by atoms with Crippen LogP contribution in [0.15, 0.2) is 60.7 Å². The Hall–Kier alpha value is -2.53. The average Bonchev–Trinajstić information content (AvgIpc) is 3.43. The second-order valence-corrected chi connectivity index (χ2v) is 8.36. The number of anilines is 1. The van der Waals surface area contributed by atoms with Crippen molar-refractivity contribution >= 4 is 11.7 Å². The molecule has 2 amide bonds. The number of hydrogen-bond acceptors (Lipinski definition) is 3. The van der Waals surface area contributed by atoms with Crippen molar-refractivity contribution < 1.29 is 4.79 Å². The lowest BCUT2D eigenvalue weighted by Gasteiger charge is -2.25. The first kappa shape index (κ1) is 19.8. The lowest BCUT2D eigenvalue weighted by atomic mass is 10.1. The van der Waals surface area contributed by atoms with E-state index >= 15 is 0 Å². The average molecular weight is 393 g/mol. The molecule has 29 heavy (non-hydrogen) atoms. The Morgan fingerprint density at radius 1 is 1.00 bits per heavy atom. The molecular weight excluding hydrogens is 360 g/mol. The predicted octanol–water partition coefficient (Wildman–Crippen LogP) is 3.65. The first-order chi connectivity index (χ1) is 14.2. The highest BCUT2D eigenvalue weighted by molar-refractivity contribution is 5.74. The van der Waals surface area contributed by atoms with Crippen LogP contribution in [0, 0.1) is 5.92 Å². The maximum Gasteiger partial charge on any atom is 0.315 e. The van der Waals surface area contributed by atoms with Gasteiger partial charge in [0, 0.05) is 50.5 Å². The van der Waals surface area contributed by atoms with Crippen LogP contribution in [-0.4, -0.2) is 49.7 Å². The van der Waals surface area contributed by atoms with E-state index in [9.17, 15) is 4.79 Å². The van der Waals surface area contributed by atoms with Crippen LogP contribution in [0.1, 0.15) is 31.4 Å². The number of carbonyl (C=O) groups excluding carboxylic acids is 1. The molecule has 2 aromatic carbocycles. The highest BCUT2D eigenvalue weighted by atomic mass is 16.2. The fraction of sp³-hybridized carbons (Fsp3) is 0.458. The smallest absolute Gasteiger partial charge is 0.315 e. The summed E-state index contributed by atoms with van der Waals surface area (Å²) in [6.07, 6.45) is 2.14. The van der Waals surface area contributed by atoms with Crippen LogP contribution in [0.3, 0.4) is 0 Å². The molecule has 2 aliphatic rings. The molecule has 2 N–H and O–H groups in total. The molecule has 0 aromatic heterocycles. The van der Waals surface area contributed by atoms with Gasteiger partial charge in [0.05, 0.1) is 0 Å². The van der Waals surface area contributed by atoms with Gasteiger partial charge in [0.1, 0.15) is 0 Å². The molecule has 2 fully saturated rings. The second-order valence-electron chi connectivity index (χ2n) is 8.36. The fourth-order valence-electron chi connectivity index (χ4n) is 4.55. The van der Waals surface area contributed by atoms with E-state index in [1.165, 1.54) is 11.3 Å². The summed E-state index contributed by atoms with van der Waals surface area (Å²) in [5.41, 5.74) is 2.61. The molecule has 0 spiro atoms. The van der Waals surface area contributed by atoms with Gasteiger partial charge in [-0.05, 0) is 43.4 Å². The molecule has 0 radical (unpaired) electrons. The highest BCUT2D eigenvalue weighted by Crippen LogP contribution is 2.25. The number of rotatable bonds is 6. The predicted molar refractivity (Wildman–Crippen MR) is 118 cm³/mol. The van der Waals surface area contributed by atoms with Gasteiger partial charge >= 0.3 is 6.03 Å². The molecule has 0 bridgehead atoms. The van der Waals surface area contributed by atoms with E-state index < -0.39 is 0 Å². The summed E-state index contributed by atoms with van der Waals surface area (Å²) in [5, 5.41) is 6.28. The molecule has 3 unspecified atom stereocenters. The second kappa shape index (κ2) is 9.31. The molecule has 2 saturated heterocycles. The topological polar surface area (TPSA) is 47.6 Å². The van der Waals surface area contributed by atoms with Gasteiger partial charge in [0.2, 0.25) is 0 Å². The molecule has 5 heteroatoms. The van der Waals surface area contributed by atoms with Gasteiger partial charge in [-0.3, -0.25) is 4.90 Å². The van der Waals surface area contributed by atoms with Gasteiger partial charge in [-0.2, -0.15) is 0 Å². The van der Waals surface area contributed by atoms with Crippen LogP contribution in [0.4, 0.5) is 10.5 Å². The molecular formula is C24H32N4O. The van der Waals surface area contributed by atoms with Gasteiger partial charge < -0.3 is 15.5 Å². The summed E-state index contributed by atoms with van der Waals surface area (Å²) in [7, 11) is 0. The van der Waals surface area contributed by atoms with E-state index in [0.717, 1.165) is 45.6 Å². The fourth-order valence-corrected chi connectivity index (χ4v) is 4.55. The minimum Gasteiger partial charge on any atom is -0.371 e. The third kappa shape index (κ3) is 5.10. The Balaban J connectivity index is 1.18. The number of amides is 2. The normalized spacial score (nSPS) is 23.1. The standard InChI is InChI=1S/C24H32N4O/c1-19(21-8-4-2-5-9-21)27-15-13-22(18-27)26-24(29)25-16-20-12-14-28(17-20)23-10-6-3-7-11-23/h2-11,19-20,22H,12-18H2,1H3,(H2,25,26,29). The zero-order valence-corrected chi connectivity index (χ0v) is 17.3. The van der Waals surface area contributed by atoms with Crippen molar-refractivity contribution in [1.29, 1.82) is 0 Å². The van der Waals surface area contributed by atoms with Crippen LogP contribution in [0.25, 0.3) is 0 Å². The van der Waals surface area contributed by atoms with Crippen LogP contribution < -0.4 is 15.5 Å². The number of likely N-dealkylation sites (tertiary alicyclic amines) is 1. The number of nitrogens with zero attached hydrogens (tertiary/aromatic N) is 2. The molecule has 5 nitrogen and oxygen atoms in total. The van der Waals surface area contributed by atoms with Crippen molar-refractivity contribution in [2.75, 3.05) is 37.6 Å². The number of urea groups is 1. The third-order valence-corrected chi connectivity index (χ3v) is 6.34. The lowest BCUT2D eigenvalue weighted by Crippen LogP contribution is -2.45. The monoisotopic (exact) mass is 392 g/mol. The van der Waals surface area contributed by atoms with Crippen molar-refractivity contribution in [3.63, 3.8) is 0 Å². The quantitative estimate of drug-likeness (QED) is 0.789. The maximum atomic E-state index is 12.4. The number of carbonyl (C=O) groups is 1. The third-order valence-electron chi connectivity index (χ3n) is 6.34. The zero-order chi connectivity index (χ0) is 20.1. The summed E-state index contributed by atoms with van der Waals surface area (Å²) in [4.78, 5) is 17.3. The maximum absolute atomic E-state index is 12.4. The zero-order valence-electron chi connectivity index (χ0n) is 17.3. The number of nitrogens with one attached hydrogen (secondary N) is 2. The summed E-state index contributed by atoms with van der Waals surface area (Å²) in [6, 6.07) is 21.7. The van der Waals surface area contributed by atoms with Gasteiger partial charge in [0.25, 0.3) is 0 Å². The summed E-state index contributed by atoms with van der Waals surface area (Å²) in [5.74, 6) is 0.513. The van der Waals surface area contributed by atoms with Gasteiger partial charge in [-0.15, -0.1) is 0 Å². The number of benzene rings is 2. The minimum absolute atomic E-state index is 0.0256. The van der Waals surface area contributed by atoms with Crippen LogP contribution >= 0.6 is 0 Å². The van der Waals surface area contributed by atoms with Crippen molar-refractivity contribution in [3.05, 3.63) is 66.2 Å². The molecule has 0 saturated carbocycles. The van der Waals surface area contributed by atoms with Crippen LogP contribution in [0.5, 0.6) is 0 Å². The van der Waals surface area contributed by atoms with E-state index in [1.54, 1.807) is 0 Å². The van der Waals surface area contributed by atoms with E-state index in [1.807, 2.05) is 6.07 Å². The van der Waals surface area contributed by atoms with E-state index in [-0.39, 0.29) is 12.1 Å². The summed E-state index contributed by atoms with van der Waals surface area (Å²) >= 11 is 0. The molecule has 2 aromatic rings. The Labute approximate surface area is 174 Å². The van der Waals surface area contributed by atoms with Crippen molar-refractivity contribution in [2.24, 2.45) is 5.92 Å². The van der Waals surface area contributed by atoms with Gasteiger partial charge in [-0.25, -0.2) is 4.79 Å². The Morgan fingerprint density at radius 2 is 1.72 bits per heavy atom. The van der Waals surface area contributed by atoms with Gasteiger partial charge in [-0.1, -0.05) is 48.5 Å². The van der Waals surface area contributed by atoms with Crippen LogP contribution in [-0.2, 0) is 0 Å². The molecule has 154 valence electrons. The largest absolute Gasteiger partial charge is 0.371 e. The number of hydrogen-bond donors (Lipinski definition) is 2. The van der Waals surface area contributed by atoms with Crippen LogP contribution in [0.2, 0.25) is 0 Å². The Bertz CT molecular complexity index is 782. The molecule has 4 rings (SSSR count). The molecule has 3 atom stereocenters. The SMILES string of the molecule is CC(c1ccccc1)N1CCC(NC(=O)NCC2CCN(c3ccccc3)C2)C1. The minimum atomic E-state index is -0.0256. The highest BCUT2D eigenvalue weighted by Gasteiger charge is 2.28. The van der Waals surface area contributed by atoms with E-state index in [2.05, 4.69) is 82.0 Å². The van der Waals surface area contributed by atoms with Crippen molar-refractivity contribution in [1.82, 2.24) is 15.5 Å². The summed E-state index contributed by atoms with van der Waals surface area (Å²) in [6.45, 7) is 7.00. The van der Waals surface area contributed by atoms with E-state index in [4.69, 9.17) is 0 Å². The Kier molecular flexibility index (Phi) is 6.35. The van der Waals surface area contributed by atoms with Crippen molar-refractivity contribution in [3.8, 4) is 0 Å².